The van der Waals surface area contributed by atoms with E-state index in [1.54, 1.807) is 49.6 Å². The van der Waals surface area contributed by atoms with Gasteiger partial charge in [-0.05, 0) is 66.3 Å². The van der Waals surface area contributed by atoms with Gasteiger partial charge in [0, 0.05) is 11.6 Å². The molecule has 25 heavy (non-hydrogen) atoms. The fourth-order valence-corrected chi connectivity index (χ4v) is 2.93. The Morgan fingerprint density at radius 3 is 2.52 bits per heavy atom. The van der Waals surface area contributed by atoms with E-state index in [9.17, 15) is 9.59 Å². The van der Waals surface area contributed by atoms with Gasteiger partial charge in [-0.1, -0.05) is 19.1 Å². The van der Waals surface area contributed by atoms with Crippen LogP contribution in [0.2, 0.25) is 0 Å². The van der Waals surface area contributed by atoms with E-state index in [-0.39, 0.29) is 17.9 Å². The minimum atomic E-state index is -0.274. The molecule has 6 heteroatoms. The molecular weight excluding hydrogens is 431 g/mol. The van der Waals surface area contributed by atoms with E-state index in [2.05, 4.69) is 33.2 Å². The zero-order valence-electron chi connectivity index (χ0n) is 14.4. The van der Waals surface area contributed by atoms with Gasteiger partial charge in [0.05, 0.1) is 21.9 Å². The summed E-state index contributed by atoms with van der Waals surface area (Å²) in [5, 5.41) is 5.74. The number of halogens is 1. The lowest BCUT2D eigenvalue weighted by Crippen LogP contribution is -2.32. The Hall–Kier alpha value is -2.09. The average molecular weight is 452 g/mol. The van der Waals surface area contributed by atoms with Gasteiger partial charge in [-0.25, -0.2) is 0 Å². The molecule has 2 rings (SSSR count). The Kier molecular flexibility index (Phi) is 6.81. The van der Waals surface area contributed by atoms with Crippen LogP contribution < -0.4 is 15.4 Å². The summed E-state index contributed by atoms with van der Waals surface area (Å²) in [6.45, 7) is 3.95. The number of hydrogen-bond donors (Lipinski definition) is 2. The van der Waals surface area contributed by atoms with E-state index < -0.39 is 0 Å². The summed E-state index contributed by atoms with van der Waals surface area (Å²) in [7, 11) is 1.59. The fraction of sp³-hybridized carbons (Fsp3) is 0.263. The molecule has 0 saturated carbocycles. The van der Waals surface area contributed by atoms with Gasteiger partial charge in [-0.2, -0.15) is 0 Å². The van der Waals surface area contributed by atoms with Gasteiger partial charge in [-0.15, -0.1) is 0 Å². The maximum Gasteiger partial charge on any atom is 0.255 e. The Bertz CT molecular complexity index is 777. The molecule has 0 heterocycles. The zero-order chi connectivity index (χ0) is 18.4. The maximum atomic E-state index is 12.5. The van der Waals surface area contributed by atoms with Gasteiger partial charge in [0.25, 0.3) is 11.8 Å². The number of para-hydroxylation sites is 1. The number of amides is 2. The first-order valence-corrected chi connectivity index (χ1v) is 9.09. The Balaban J connectivity index is 2.21. The fourth-order valence-electron chi connectivity index (χ4n) is 2.20. The quantitative estimate of drug-likeness (QED) is 0.650. The molecule has 0 bridgehead atoms. The summed E-state index contributed by atoms with van der Waals surface area (Å²) in [5.74, 6) is 0.240. The van der Waals surface area contributed by atoms with Crippen molar-refractivity contribution in [3.63, 3.8) is 0 Å². The Labute approximate surface area is 161 Å². The van der Waals surface area contributed by atoms with Crippen molar-refractivity contribution in [2.45, 2.75) is 26.3 Å². The molecule has 2 amide bonds. The van der Waals surface area contributed by atoms with E-state index in [4.69, 9.17) is 4.74 Å². The van der Waals surface area contributed by atoms with Gasteiger partial charge in [0.1, 0.15) is 5.75 Å². The van der Waals surface area contributed by atoms with Crippen molar-refractivity contribution in [2.75, 3.05) is 12.4 Å². The minimum absolute atomic E-state index is 0.0689. The van der Waals surface area contributed by atoms with Crippen LogP contribution in [0.5, 0.6) is 5.75 Å². The highest BCUT2D eigenvalue weighted by Gasteiger charge is 2.16. The third-order valence-corrected chi connectivity index (χ3v) is 4.67. The summed E-state index contributed by atoms with van der Waals surface area (Å²) >= 11 is 2.12. The smallest absolute Gasteiger partial charge is 0.255 e. The molecule has 0 aliphatic heterocycles. The third-order valence-electron chi connectivity index (χ3n) is 3.82. The van der Waals surface area contributed by atoms with Gasteiger partial charge >= 0.3 is 0 Å². The SMILES string of the molecule is CCC(C)NC(=O)c1ccccc1NC(=O)c1ccc(OC)c(I)c1. The largest absolute Gasteiger partial charge is 0.496 e. The standard InChI is InChI=1S/C19H21IN2O3/c1-4-12(2)21-19(24)14-7-5-6-8-16(14)22-18(23)13-9-10-17(25-3)15(20)11-13/h5-12H,4H2,1-3H3,(H,21,24)(H,22,23). The molecule has 2 aromatic rings. The predicted octanol–water partition coefficient (Wildman–Crippen LogP) is 4.08. The number of benzene rings is 2. The highest BCUT2D eigenvalue weighted by Crippen LogP contribution is 2.23. The van der Waals surface area contributed by atoms with Crippen molar-refractivity contribution in [3.05, 3.63) is 57.2 Å². The summed E-state index contributed by atoms with van der Waals surface area (Å²) in [6.07, 6.45) is 0.838. The lowest BCUT2D eigenvalue weighted by molar-refractivity contribution is 0.0940. The summed E-state index contributed by atoms with van der Waals surface area (Å²) in [6, 6.07) is 12.2. The molecule has 2 aromatic carbocycles. The number of carbonyl (C=O) groups is 2. The molecule has 1 atom stereocenters. The number of anilines is 1. The number of hydrogen-bond acceptors (Lipinski definition) is 3. The third kappa shape index (κ3) is 4.94. The van der Waals surface area contributed by atoms with Crippen LogP contribution >= 0.6 is 22.6 Å². The molecule has 0 aliphatic carbocycles. The monoisotopic (exact) mass is 452 g/mol. The second-order valence-corrected chi connectivity index (χ2v) is 6.79. The van der Waals surface area contributed by atoms with E-state index in [0.29, 0.717) is 22.6 Å². The lowest BCUT2D eigenvalue weighted by atomic mass is 10.1. The van der Waals surface area contributed by atoms with Crippen molar-refractivity contribution in [2.24, 2.45) is 0 Å². The number of methoxy groups -OCH3 is 1. The van der Waals surface area contributed by atoms with Crippen LogP contribution in [0.3, 0.4) is 0 Å². The van der Waals surface area contributed by atoms with Crippen molar-refractivity contribution in [1.29, 1.82) is 0 Å². The topological polar surface area (TPSA) is 67.4 Å². The normalized spacial score (nSPS) is 11.5. The van der Waals surface area contributed by atoms with Crippen molar-refractivity contribution >= 4 is 40.1 Å². The van der Waals surface area contributed by atoms with Crippen LogP contribution in [0.15, 0.2) is 42.5 Å². The van der Waals surface area contributed by atoms with Gasteiger partial charge < -0.3 is 15.4 Å². The van der Waals surface area contributed by atoms with E-state index >= 15 is 0 Å². The minimum Gasteiger partial charge on any atom is -0.496 e. The molecule has 2 N–H and O–H groups in total. The predicted molar refractivity (Wildman–Crippen MR) is 107 cm³/mol. The maximum absolute atomic E-state index is 12.5. The first-order valence-electron chi connectivity index (χ1n) is 8.01. The molecule has 0 radical (unpaired) electrons. The second-order valence-electron chi connectivity index (χ2n) is 5.63. The molecule has 0 saturated heterocycles. The highest BCUT2D eigenvalue weighted by molar-refractivity contribution is 14.1. The number of nitrogens with one attached hydrogen (secondary N) is 2. The van der Waals surface area contributed by atoms with Crippen LogP contribution in [-0.4, -0.2) is 25.0 Å². The van der Waals surface area contributed by atoms with E-state index in [1.807, 2.05) is 13.8 Å². The number of rotatable bonds is 6. The molecule has 1 unspecified atom stereocenters. The first kappa shape index (κ1) is 19.2. The summed E-state index contributed by atoms with van der Waals surface area (Å²) in [4.78, 5) is 24.9. The molecule has 0 aromatic heterocycles. The van der Waals surface area contributed by atoms with Crippen LogP contribution in [0.25, 0.3) is 0 Å². The van der Waals surface area contributed by atoms with E-state index in [1.165, 1.54) is 0 Å². The highest BCUT2D eigenvalue weighted by atomic mass is 127. The Morgan fingerprint density at radius 1 is 1.16 bits per heavy atom. The van der Waals surface area contributed by atoms with Crippen molar-refractivity contribution < 1.29 is 14.3 Å². The van der Waals surface area contributed by atoms with Gasteiger partial charge in [0.15, 0.2) is 0 Å². The average Bonchev–Trinajstić information content (AvgIpc) is 2.61. The summed E-state index contributed by atoms with van der Waals surface area (Å²) in [5.41, 5.74) is 1.43. The van der Waals surface area contributed by atoms with Crippen LogP contribution in [0.4, 0.5) is 5.69 Å². The van der Waals surface area contributed by atoms with Crippen LogP contribution in [0, 0.1) is 3.57 Å². The van der Waals surface area contributed by atoms with Crippen LogP contribution in [-0.2, 0) is 0 Å². The Morgan fingerprint density at radius 2 is 1.88 bits per heavy atom. The molecule has 5 nitrogen and oxygen atoms in total. The zero-order valence-corrected chi connectivity index (χ0v) is 16.6. The summed E-state index contributed by atoms with van der Waals surface area (Å²) < 4.78 is 6.05. The number of ether oxygens (including phenoxy) is 1. The molecular formula is C19H21IN2O3. The van der Waals surface area contributed by atoms with Gasteiger partial charge in [0.2, 0.25) is 0 Å². The van der Waals surface area contributed by atoms with Crippen LogP contribution in [0.1, 0.15) is 41.0 Å². The molecule has 0 fully saturated rings. The molecule has 0 aliphatic rings. The van der Waals surface area contributed by atoms with Crippen molar-refractivity contribution in [3.8, 4) is 5.75 Å². The molecule has 0 spiro atoms. The molecule has 132 valence electrons. The van der Waals surface area contributed by atoms with Gasteiger partial charge in [-0.3, -0.25) is 9.59 Å². The number of carbonyl (C=O) groups excluding carboxylic acids is 2. The second kappa shape index (κ2) is 8.84. The van der Waals surface area contributed by atoms with Crippen molar-refractivity contribution in [1.82, 2.24) is 5.32 Å². The first-order chi connectivity index (χ1) is 12.0. The van der Waals surface area contributed by atoms with E-state index in [0.717, 1.165) is 9.99 Å². The lowest BCUT2D eigenvalue weighted by Gasteiger charge is -2.15.